The molecular weight excluding hydrogens is 172 g/mol. The van der Waals surface area contributed by atoms with Crippen LogP contribution in [0.4, 0.5) is 5.69 Å². The van der Waals surface area contributed by atoms with Crippen LogP contribution in [0.2, 0.25) is 0 Å². The van der Waals surface area contributed by atoms with Gasteiger partial charge in [0.2, 0.25) is 0 Å². The Kier molecular flexibility index (Phi) is 2.93. The normalized spacial score (nSPS) is 13.3. The molecule has 12 heavy (non-hydrogen) atoms. The minimum atomic E-state index is -0.0429. The maximum atomic E-state index is 6.13. The standard InChI is InChI=1S/C9H13ClN2/c1-6(2)9(10)7-5-12-4-3-8(7)11/h3-6,9H,1-2H3,(H2,11,12). The lowest BCUT2D eigenvalue weighted by atomic mass is 10.0. The summed E-state index contributed by atoms with van der Waals surface area (Å²) in [7, 11) is 0. The Morgan fingerprint density at radius 2 is 2.17 bits per heavy atom. The monoisotopic (exact) mass is 184 g/mol. The molecule has 0 bridgehead atoms. The largest absolute Gasteiger partial charge is 0.398 e. The first-order valence-electron chi connectivity index (χ1n) is 3.96. The van der Waals surface area contributed by atoms with E-state index in [0.29, 0.717) is 5.92 Å². The molecule has 2 nitrogen and oxygen atoms in total. The van der Waals surface area contributed by atoms with Crippen molar-refractivity contribution in [1.29, 1.82) is 0 Å². The smallest absolute Gasteiger partial charge is 0.0643 e. The van der Waals surface area contributed by atoms with Gasteiger partial charge < -0.3 is 5.73 Å². The quantitative estimate of drug-likeness (QED) is 0.718. The van der Waals surface area contributed by atoms with E-state index in [2.05, 4.69) is 18.8 Å². The molecule has 1 rings (SSSR count). The maximum absolute atomic E-state index is 6.13. The highest BCUT2D eigenvalue weighted by Crippen LogP contribution is 2.31. The zero-order chi connectivity index (χ0) is 9.14. The van der Waals surface area contributed by atoms with Crippen molar-refractivity contribution >= 4 is 17.3 Å². The van der Waals surface area contributed by atoms with Crippen LogP contribution in [-0.4, -0.2) is 4.98 Å². The first-order chi connectivity index (χ1) is 5.63. The van der Waals surface area contributed by atoms with Crippen molar-refractivity contribution in [1.82, 2.24) is 4.98 Å². The third-order valence-electron chi connectivity index (χ3n) is 1.77. The third kappa shape index (κ3) is 1.89. The number of pyridine rings is 1. The highest BCUT2D eigenvalue weighted by Gasteiger charge is 2.14. The first-order valence-corrected chi connectivity index (χ1v) is 4.40. The Hall–Kier alpha value is -0.760. The number of halogens is 1. The molecule has 0 saturated carbocycles. The van der Waals surface area contributed by atoms with Gasteiger partial charge in [-0.3, -0.25) is 4.98 Å². The Morgan fingerprint density at radius 1 is 1.50 bits per heavy atom. The summed E-state index contributed by atoms with van der Waals surface area (Å²) in [5.74, 6) is 0.373. The predicted molar refractivity (Wildman–Crippen MR) is 52.1 cm³/mol. The molecule has 0 spiro atoms. The molecule has 1 atom stereocenters. The number of nitrogens with zero attached hydrogens (tertiary/aromatic N) is 1. The average Bonchev–Trinajstić information content (AvgIpc) is 2.04. The summed E-state index contributed by atoms with van der Waals surface area (Å²) in [6, 6.07) is 1.77. The fourth-order valence-electron chi connectivity index (χ4n) is 1.01. The molecule has 0 aliphatic rings. The van der Waals surface area contributed by atoms with Crippen LogP contribution in [0, 0.1) is 5.92 Å². The molecule has 1 aromatic heterocycles. The lowest BCUT2D eigenvalue weighted by Gasteiger charge is -2.14. The van der Waals surface area contributed by atoms with Crippen molar-refractivity contribution in [3.8, 4) is 0 Å². The summed E-state index contributed by atoms with van der Waals surface area (Å²) < 4.78 is 0. The minimum absolute atomic E-state index is 0.0429. The van der Waals surface area contributed by atoms with Gasteiger partial charge in [0.25, 0.3) is 0 Å². The van der Waals surface area contributed by atoms with Gasteiger partial charge in [0.05, 0.1) is 5.38 Å². The van der Waals surface area contributed by atoms with E-state index in [1.165, 1.54) is 0 Å². The number of anilines is 1. The fourth-order valence-corrected chi connectivity index (χ4v) is 1.19. The molecule has 1 unspecified atom stereocenters. The van der Waals surface area contributed by atoms with Crippen LogP contribution < -0.4 is 5.73 Å². The summed E-state index contributed by atoms with van der Waals surface area (Å²) in [6.45, 7) is 4.12. The van der Waals surface area contributed by atoms with E-state index in [-0.39, 0.29) is 5.38 Å². The van der Waals surface area contributed by atoms with Gasteiger partial charge in [-0.05, 0) is 12.0 Å². The Labute approximate surface area is 77.8 Å². The molecule has 0 aliphatic carbocycles. The summed E-state index contributed by atoms with van der Waals surface area (Å²) >= 11 is 6.13. The summed E-state index contributed by atoms with van der Waals surface area (Å²) in [4.78, 5) is 3.98. The van der Waals surface area contributed by atoms with Crippen molar-refractivity contribution in [2.45, 2.75) is 19.2 Å². The SMILES string of the molecule is CC(C)C(Cl)c1cnccc1N. The topological polar surface area (TPSA) is 38.9 Å². The highest BCUT2D eigenvalue weighted by atomic mass is 35.5. The van der Waals surface area contributed by atoms with Crippen molar-refractivity contribution in [3.63, 3.8) is 0 Å². The van der Waals surface area contributed by atoms with Gasteiger partial charge in [0.15, 0.2) is 0 Å². The van der Waals surface area contributed by atoms with Crippen LogP contribution >= 0.6 is 11.6 Å². The van der Waals surface area contributed by atoms with Crippen molar-refractivity contribution in [2.75, 3.05) is 5.73 Å². The van der Waals surface area contributed by atoms with Gasteiger partial charge in [0, 0.05) is 23.6 Å². The molecule has 0 amide bonds. The van der Waals surface area contributed by atoms with Gasteiger partial charge in [-0.25, -0.2) is 0 Å². The summed E-state index contributed by atoms with van der Waals surface area (Å²) in [5.41, 5.74) is 7.38. The molecule has 3 heteroatoms. The van der Waals surface area contributed by atoms with E-state index in [0.717, 1.165) is 11.3 Å². The molecular formula is C9H13ClN2. The highest BCUT2D eigenvalue weighted by molar-refractivity contribution is 6.21. The number of alkyl halides is 1. The van der Waals surface area contributed by atoms with Crippen LogP contribution in [0.3, 0.4) is 0 Å². The van der Waals surface area contributed by atoms with Gasteiger partial charge in [0.1, 0.15) is 0 Å². The van der Waals surface area contributed by atoms with Crippen LogP contribution in [0.5, 0.6) is 0 Å². The molecule has 0 fully saturated rings. The average molecular weight is 185 g/mol. The third-order valence-corrected chi connectivity index (χ3v) is 2.51. The second-order valence-corrected chi connectivity index (χ2v) is 3.62. The number of nitrogen functional groups attached to an aromatic ring is 1. The molecule has 0 aromatic carbocycles. The van der Waals surface area contributed by atoms with E-state index in [9.17, 15) is 0 Å². The van der Waals surface area contributed by atoms with E-state index in [1.807, 2.05) is 0 Å². The number of nitrogens with two attached hydrogens (primary N) is 1. The predicted octanol–water partition coefficient (Wildman–Crippen LogP) is 2.60. The second kappa shape index (κ2) is 3.76. The Bertz CT molecular complexity index is 260. The lowest BCUT2D eigenvalue weighted by Crippen LogP contribution is -2.03. The lowest BCUT2D eigenvalue weighted by molar-refractivity contribution is 0.624. The fraction of sp³-hybridized carbons (Fsp3) is 0.444. The molecule has 0 aliphatic heterocycles. The van der Waals surface area contributed by atoms with Crippen LogP contribution in [0.25, 0.3) is 0 Å². The number of rotatable bonds is 2. The van der Waals surface area contributed by atoms with E-state index in [4.69, 9.17) is 17.3 Å². The van der Waals surface area contributed by atoms with Crippen LogP contribution in [0.1, 0.15) is 24.8 Å². The van der Waals surface area contributed by atoms with Gasteiger partial charge >= 0.3 is 0 Å². The van der Waals surface area contributed by atoms with Crippen molar-refractivity contribution < 1.29 is 0 Å². The van der Waals surface area contributed by atoms with E-state index >= 15 is 0 Å². The summed E-state index contributed by atoms with van der Waals surface area (Å²) in [5, 5.41) is -0.0429. The van der Waals surface area contributed by atoms with E-state index < -0.39 is 0 Å². The molecule has 1 aromatic rings. The number of aromatic nitrogens is 1. The molecule has 1 heterocycles. The van der Waals surface area contributed by atoms with Gasteiger partial charge in [-0.2, -0.15) is 0 Å². The van der Waals surface area contributed by atoms with Crippen LogP contribution in [0.15, 0.2) is 18.5 Å². The number of hydrogen-bond acceptors (Lipinski definition) is 2. The zero-order valence-electron chi connectivity index (χ0n) is 7.29. The molecule has 2 N–H and O–H groups in total. The maximum Gasteiger partial charge on any atom is 0.0643 e. The van der Waals surface area contributed by atoms with Crippen molar-refractivity contribution in [2.24, 2.45) is 5.92 Å². The molecule has 0 radical (unpaired) electrons. The Balaban J connectivity index is 2.94. The van der Waals surface area contributed by atoms with Crippen molar-refractivity contribution in [3.05, 3.63) is 24.0 Å². The first kappa shape index (κ1) is 9.33. The van der Waals surface area contributed by atoms with Gasteiger partial charge in [-0.15, -0.1) is 11.6 Å². The second-order valence-electron chi connectivity index (χ2n) is 3.15. The van der Waals surface area contributed by atoms with Gasteiger partial charge in [-0.1, -0.05) is 13.8 Å². The minimum Gasteiger partial charge on any atom is -0.398 e. The van der Waals surface area contributed by atoms with Crippen LogP contribution in [-0.2, 0) is 0 Å². The zero-order valence-corrected chi connectivity index (χ0v) is 8.05. The number of hydrogen-bond donors (Lipinski definition) is 1. The molecule has 66 valence electrons. The molecule has 0 saturated heterocycles. The summed E-state index contributed by atoms with van der Waals surface area (Å²) in [6.07, 6.45) is 3.40. The Morgan fingerprint density at radius 3 is 2.67 bits per heavy atom. The van der Waals surface area contributed by atoms with E-state index in [1.54, 1.807) is 18.5 Å².